The molecule has 1 aliphatic heterocycles. The molecule has 2 aromatic carbocycles. The molecule has 3 rings (SSSR count). The quantitative estimate of drug-likeness (QED) is 0.574. The number of anilines is 2. The van der Waals surface area contributed by atoms with Crippen LogP contribution in [0.25, 0.3) is 0 Å². The Morgan fingerprint density at radius 3 is 2.67 bits per heavy atom. The Bertz CT molecular complexity index is 628. The highest BCUT2D eigenvalue weighted by Crippen LogP contribution is 2.28. The van der Waals surface area contributed by atoms with E-state index in [1.54, 1.807) is 0 Å². The molecule has 5 nitrogen and oxygen atoms in total. The summed E-state index contributed by atoms with van der Waals surface area (Å²) in [6.45, 7) is 2.74. The molecule has 1 aliphatic rings. The maximum atomic E-state index is 5.94. The van der Waals surface area contributed by atoms with Crippen molar-refractivity contribution in [2.45, 2.75) is 25.7 Å². The summed E-state index contributed by atoms with van der Waals surface area (Å²) in [5.74, 6) is 0.807. The molecule has 0 aliphatic carbocycles. The number of nitrogens with two attached hydrogens (primary N) is 1. The smallest absolute Gasteiger partial charge is 0.157 e. The van der Waals surface area contributed by atoms with Crippen molar-refractivity contribution < 1.29 is 14.2 Å². The van der Waals surface area contributed by atoms with Crippen LogP contribution >= 0.6 is 0 Å². The first kappa shape index (κ1) is 16.6. The number of hydrogen-bond acceptors (Lipinski definition) is 5. The van der Waals surface area contributed by atoms with E-state index >= 15 is 0 Å². The zero-order valence-electron chi connectivity index (χ0n) is 13.7. The maximum absolute atomic E-state index is 5.94. The van der Waals surface area contributed by atoms with Gasteiger partial charge in [-0.05, 0) is 30.2 Å². The Hall–Kier alpha value is -2.24. The van der Waals surface area contributed by atoms with Crippen LogP contribution in [0.5, 0.6) is 5.75 Å². The Balaban J connectivity index is 1.52. The molecule has 0 spiro atoms. The normalized spacial score (nSPS) is 14.7. The molecule has 0 saturated carbocycles. The first-order valence-corrected chi connectivity index (χ1v) is 8.34. The predicted molar refractivity (Wildman–Crippen MR) is 95.0 cm³/mol. The molecule has 0 radical (unpaired) electrons. The van der Waals surface area contributed by atoms with Crippen molar-refractivity contribution in [2.75, 3.05) is 30.8 Å². The van der Waals surface area contributed by atoms with Gasteiger partial charge in [-0.3, -0.25) is 0 Å². The standard InChI is InChI=1S/C19H24N2O3/c20-16-8-9-18(24-14-15-5-2-1-3-6-15)17(13-16)21-10-4-7-19-22-11-12-23-19/h1-3,5-6,8-9,13,19,21H,4,7,10-12,14,20H2. The second kappa shape index (κ2) is 8.57. The summed E-state index contributed by atoms with van der Waals surface area (Å²) in [5, 5.41) is 3.40. The van der Waals surface area contributed by atoms with Gasteiger partial charge in [-0.1, -0.05) is 30.3 Å². The third kappa shape index (κ3) is 4.88. The average molecular weight is 328 g/mol. The van der Waals surface area contributed by atoms with Crippen LogP contribution in [-0.4, -0.2) is 26.0 Å². The molecule has 2 aromatic rings. The predicted octanol–water partition coefficient (Wildman–Crippen LogP) is 3.41. The van der Waals surface area contributed by atoms with E-state index in [-0.39, 0.29) is 6.29 Å². The van der Waals surface area contributed by atoms with Gasteiger partial charge < -0.3 is 25.3 Å². The number of rotatable bonds is 8. The van der Waals surface area contributed by atoms with E-state index in [0.29, 0.717) is 25.5 Å². The molecule has 1 saturated heterocycles. The van der Waals surface area contributed by atoms with E-state index in [0.717, 1.165) is 36.4 Å². The van der Waals surface area contributed by atoms with Crippen LogP contribution in [0.3, 0.4) is 0 Å². The second-order valence-electron chi connectivity index (χ2n) is 5.77. The summed E-state index contributed by atoms with van der Waals surface area (Å²) < 4.78 is 16.8. The minimum Gasteiger partial charge on any atom is -0.487 e. The van der Waals surface area contributed by atoms with E-state index in [2.05, 4.69) is 5.32 Å². The lowest BCUT2D eigenvalue weighted by molar-refractivity contribution is -0.0470. The summed E-state index contributed by atoms with van der Waals surface area (Å²) in [4.78, 5) is 0. The second-order valence-corrected chi connectivity index (χ2v) is 5.77. The molecule has 0 amide bonds. The molecule has 128 valence electrons. The Morgan fingerprint density at radius 2 is 1.88 bits per heavy atom. The van der Waals surface area contributed by atoms with Crippen molar-refractivity contribution in [1.82, 2.24) is 0 Å². The summed E-state index contributed by atoms with van der Waals surface area (Å²) >= 11 is 0. The fourth-order valence-electron chi connectivity index (χ4n) is 2.61. The van der Waals surface area contributed by atoms with Gasteiger partial charge in [0.25, 0.3) is 0 Å². The van der Waals surface area contributed by atoms with Crippen molar-refractivity contribution in [1.29, 1.82) is 0 Å². The van der Waals surface area contributed by atoms with Gasteiger partial charge in [-0.15, -0.1) is 0 Å². The molecule has 0 bridgehead atoms. The van der Waals surface area contributed by atoms with Crippen molar-refractivity contribution in [3.8, 4) is 5.75 Å². The van der Waals surface area contributed by atoms with Gasteiger partial charge in [0.2, 0.25) is 0 Å². The SMILES string of the molecule is Nc1ccc(OCc2ccccc2)c(NCCCC2OCCO2)c1. The fraction of sp³-hybridized carbons (Fsp3) is 0.368. The molecule has 0 atom stereocenters. The van der Waals surface area contributed by atoms with Gasteiger partial charge in [0.15, 0.2) is 6.29 Å². The molecule has 1 heterocycles. The lowest BCUT2D eigenvalue weighted by Crippen LogP contribution is -2.11. The van der Waals surface area contributed by atoms with Gasteiger partial charge >= 0.3 is 0 Å². The molecule has 0 aromatic heterocycles. The van der Waals surface area contributed by atoms with Crippen LogP contribution < -0.4 is 15.8 Å². The van der Waals surface area contributed by atoms with Crippen molar-refractivity contribution in [2.24, 2.45) is 0 Å². The van der Waals surface area contributed by atoms with Crippen LogP contribution in [0, 0.1) is 0 Å². The molecular formula is C19H24N2O3. The lowest BCUT2D eigenvalue weighted by Gasteiger charge is -2.15. The van der Waals surface area contributed by atoms with Gasteiger partial charge in [0.1, 0.15) is 12.4 Å². The van der Waals surface area contributed by atoms with Crippen LogP contribution in [0.2, 0.25) is 0 Å². The number of hydrogen-bond donors (Lipinski definition) is 2. The van der Waals surface area contributed by atoms with Crippen LogP contribution in [0.15, 0.2) is 48.5 Å². The van der Waals surface area contributed by atoms with E-state index in [4.69, 9.17) is 19.9 Å². The van der Waals surface area contributed by atoms with Crippen LogP contribution in [0.1, 0.15) is 18.4 Å². The maximum Gasteiger partial charge on any atom is 0.157 e. The Labute approximate surface area is 142 Å². The van der Waals surface area contributed by atoms with Gasteiger partial charge in [0.05, 0.1) is 18.9 Å². The molecule has 0 unspecified atom stereocenters. The highest BCUT2D eigenvalue weighted by molar-refractivity contribution is 5.63. The third-order valence-electron chi connectivity index (χ3n) is 3.86. The van der Waals surface area contributed by atoms with E-state index < -0.39 is 0 Å². The first-order chi connectivity index (χ1) is 11.8. The summed E-state index contributed by atoms with van der Waals surface area (Å²) in [6, 6.07) is 15.8. The molecule has 24 heavy (non-hydrogen) atoms. The Kier molecular flexibility index (Phi) is 5.93. The lowest BCUT2D eigenvalue weighted by atomic mass is 10.2. The topological polar surface area (TPSA) is 65.7 Å². The van der Waals surface area contributed by atoms with E-state index in [1.165, 1.54) is 0 Å². The highest BCUT2D eigenvalue weighted by atomic mass is 16.7. The van der Waals surface area contributed by atoms with E-state index in [9.17, 15) is 0 Å². The number of nitrogens with one attached hydrogen (secondary N) is 1. The molecule has 1 fully saturated rings. The molecular weight excluding hydrogens is 304 g/mol. The van der Waals surface area contributed by atoms with Gasteiger partial charge in [-0.25, -0.2) is 0 Å². The minimum absolute atomic E-state index is 0.0542. The minimum atomic E-state index is -0.0542. The Morgan fingerprint density at radius 1 is 1.08 bits per heavy atom. The van der Waals surface area contributed by atoms with Gasteiger partial charge in [-0.2, -0.15) is 0 Å². The largest absolute Gasteiger partial charge is 0.487 e. The zero-order valence-corrected chi connectivity index (χ0v) is 13.7. The first-order valence-electron chi connectivity index (χ1n) is 8.34. The average Bonchev–Trinajstić information content (AvgIpc) is 3.12. The monoisotopic (exact) mass is 328 g/mol. The zero-order chi connectivity index (χ0) is 16.6. The number of ether oxygens (including phenoxy) is 3. The fourth-order valence-corrected chi connectivity index (χ4v) is 2.61. The van der Waals surface area contributed by atoms with Crippen molar-refractivity contribution >= 4 is 11.4 Å². The number of benzene rings is 2. The molecule has 3 N–H and O–H groups in total. The summed E-state index contributed by atoms with van der Waals surface area (Å²) in [5.41, 5.74) is 8.67. The third-order valence-corrected chi connectivity index (χ3v) is 3.86. The van der Waals surface area contributed by atoms with Crippen molar-refractivity contribution in [3.05, 3.63) is 54.1 Å². The van der Waals surface area contributed by atoms with Crippen molar-refractivity contribution in [3.63, 3.8) is 0 Å². The molecule has 5 heteroatoms. The number of nitrogen functional groups attached to an aromatic ring is 1. The van der Waals surface area contributed by atoms with E-state index in [1.807, 2.05) is 48.5 Å². The van der Waals surface area contributed by atoms with Gasteiger partial charge in [0, 0.05) is 18.7 Å². The summed E-state index contributed by atoms with van der Waals surface area (Å²) in [7, 11) is 0. The van der Waals surface area contributed by atoms with Crippen LogP contribution in [-0.2, 0) is 16.1 Å². The highest BCUT2D eigenvalue weighted by Gasteiger charge is 2.15. The van der Waals surface area contributed by atoms with Crippen LogP contribution in [0.4, 0.5) is 11.4 Å². The summed E-state index contributed by atoms with van der Waals surface area (Å²) in [6.07, 6.45) is 1.79.